The summed E-state index contributed by atoms with van der Waals surface area (Å²) in [6.45, 7) is 4.78. The van der Waals surface area contributed by atoms with Gasteiger partial charge in [-0.1, -0.05) is 64.0 Å². The molecular formula is C21H34FN. The van der Waals surface area contributed by atoms with Crippen LogP contribution in [0.25, 0.3) is 0 Å². The molecule has 0 N–H and O–H groups in total. The topological polar surface area (TPSA) is 3.24 Å². The van der Waals surface area contributed by atoms with Crippen LogP contribution in [-0.2, 0) is 6.42 Å². The molecule has 1 unspecified atom stereocenters. The molecule has 0 spiro atoms. The molecule has 1 nitrogen and oxygen atoms in total. The highest BCUT2D eigenvalue weighted by Crippen LogP contribution is 2.21. The number of rotatable bonds is 11. The van der Waals surface area contributed by atoms with Crippen molar-refractivity contribution in [3.8, 4) is 0 Å². The van der Waals surface area contributed by atoms with Crippen LogP contribution in [0.15, 0.2) is 24.3 Å². The van der Waals surface area contributed by atoms with Crippen LogP contribution in [0.2, 0.25) is 0 Å². The third-order valence-electron chi connectivity index (χ3n) is 5.18. The van der Waals surface area contributed by atoms with E-state index in [1.54, 1.807) is 12.1 Å². The van der Waals surface area contributed by atoms with Crippen LogP contribution in [0.4, 0.5) is 4.39 Å². The zero-order chi connectivity index (χ0) is 16.3. The Hall–Kier alpha value is -0.890. The average Bonchev–Trinajstić information content (AvgIpc) is 3.09. The summed E-state index contributed by atoms with van der Waals surface area (Å²) >= 11 is 0. The van der Waals surface area contributed by atoms with Crippen molar-refractivity contribution in [2.45, 2.75) is 83.6 Å². The molecule has 1 heterocycles. The number of unbranched alkanes of at least 4 members (excludes halogenated alkanes) is 6. The highest BCUT2D eigenvalue weighted by molar-refractivity contribution is 5.17. The van der Waals surface area contributed by atoms with Gasteiger partial charge in [-0.3, -0.25) is 0 Å². The van der Waals surface area contributed by atoms with E-state index in [1.165, 1.54) is 82.9 Å². The van der Waals surface area contributed by atoms with Crippen LogP contribution in [0.5, 0.6) is 0 Å². The highest BCUT2D eigenvalue weighted by atomic mass is 19.1. The number of nitrogens with zero attached hydrogens (tertiary/aromatic N) is 1. The van der Waals surface area contributed by atoms with Crippen molar-refractivity contribution in [2.75, 3.05) is 13.1 Å². The number of halogens is 1. The molecule has 130 valence electrons. The van der Waals surface area contributed by atoms with Gasteiger partial charge in [0.25, 0.3) is 0 Å². The van der Waals surface area contributed by atoms with Crippen LogP contribution in [-0.4, -0.2) is 24.0 Å². The predicted molar refractivity (Wildman–Crippen MR) is 97.3 cm³/mol. The lowest BCUT2D eigenvalue weighted by molar-refractivity contribution is 0.224. The Morgan fingerprint density at radius 2 is 1.52 bits per heavy atom. The largest absolute Gasteiger partial charge is 0.300 e. The molecule has 1 aromatic rings. The first kappa shape index (κ1) is 18.4. The normalized spacial score (nSPS) is 16.8. The van der Waals surface area contributed by atoms with E-state index in [-0.39, 0.29) is 5.82 Å². The summed E-state index contributed by atoms with van der Waals surface area (Å²) < 4.78 is 13.1. The minimum Gasteiger partial charge on any atom is -0.300 e. The third-order valence-corrected chi connectivity index (χ3v) is 5.18. The molecule has 0 aliphatic carbocycles. The van der Waals surface area contributed by atoms with Crippen molar-refractivity contribution < 1.29 is 4.39 Å². The molecule has 1 aliphatic rings. The second kappa shape index (κ2) is 10.8. The molecule has 0 saturated carbocycles. The molecule has 0 amide bonds. The van der Waals surface area contributed by atoms with E-state index in [0.717, 1.165) is 6.42 Å². The standard InChI is InChI=1S/C21H34FN/c1-2-3-4-5-6-7-8-11-21(23-16-9-10-17-23)18-19-12-14-20(22)15-13-19/h12-15,21H,2-11,16-18H2,1H3. The number of hydrogen-bond acceptors (Lipinski definition) is 1. The maximum Gasteiger partial charge on any atom is 0.123 e. The van der Waals surface area contributed by atoms with Crippen molar-refractivity contribution in [3.63, 3.8) is 0 Å². The van der Waals surface area contributed by atoms with Crippen LogP contribution in [0.1, 0.15) is 76.7 Å². The first-order valence-corrected chi connectivity index (χ1v) is 9.78. The zero-order valence-electron chi connectivity index (χ0n) is 14.9. The van der Waals surface area contributed by atoms with Gasteiger partial charge in [-0.05, 0) is 56.5 Å². The number of likely N-dealkylation sites (tertiary alicyclic amines) is 1. The Kier molecular flexibility index (Phi) is 8.67. The van der Waals surface area contributed by atoms with E-state index >= 15 is 0 Å². The second-order valence-corrected chi connectivity index (χ2v) is 7.14. The van der Waals surface area contributed by atoms with Crippen LogP contribution in [0.3, 0.4) is 0 Å². The number of benzene rings is 1. The Bertz CT molecular complexity index is 408. The minimum atomic E-state index is -0.126. The molecular weight excluding hydrogens is 285 g/mol. The maximum atomic E-state index is 13.1. The summed E-state index contributed by atoms with van der Waals surface area (Å²) in [5, 5.41) is 0. The van der Waals surface area contributed by atoms with Gasteiger partial charge in [-0.25, -0.2) is 4.39 Å². The van der Waals surface area contributed by atoms with Crippen molar-refractivity contribution in [1.82, 2.24) is 4.90 Å². The molecule has 0 radical (unpaired) electrons. The summed E-state index contributed by atoms with van der Waals surface area (Å²) in [6, 6.07) is 7.78. The van der Waals surface area contributed by atoms with E-state index in [1.807, 2.05) is 12.1 Å². The van der Waals surface area contributed by atoms with Crippen LogP contribution >= 0.6 is 0 Å². The zero-order valence-corrected chi connectivity index (χ0v) is 14.9. The SMILES string of the molecule is CCCCCCCCCC(Cc1ccc(F)cc1)N1CCCC1. The lowest BCUT2D eigenvalue weighted by atomic mass is 9.98. The summed E-state index contributed by atoms with van der Waals surface area (Å²) in [7, 11) is 0. The quantitative estimate of drug-likeness (QED) is 0.454. The predicted octanol–water partition coefficient (Wildman–Crippen LogP) is 5.97. The fraction of sp³-hybridized carbons (Fsp3) is 0.714. The second-order valence-electron chi connectivity index (χ2n) is 7.14. The number of hydrogen-bond donors (Lipinski definition) is 0. The average molecular weight is 320 g/mol. The van der Waals surface area contributed by atoms with Gasteiger partial charge in [-0.15, -0.1) is 0 Å². The van der Waals surface area contributed by atoms with E-state index in [0.29, 0.717) is 6.04 Å². The van der Waals surface area contributed by atoms with Crippen LogP contribution < -0.4 is 0 Å². The van der Waals surface area contributed by atoms with Gasteiger partial charge >= 0.3 is 0 Å². The Balaban J connectivity index is 1.74. The smallest absolute Gasteiger partial charge is 0.123 e. The minimum absolute atomic E-state index is 0.126. The van der Waals surface area contributed by atoms with Crippen LogP contribution in [0, 0.1) is 5.82 Å². The summed E-state index contributed by atoms with van der Waals surface area (Å²) in [5.41, 5.74) is 1.28. The summed E-state index contributed by atoms with van der Waals surface area (Å²) in [6.07, 6.45) is 14.7. The van der Waals surface area contributed by atoms with Gasteiger partial charge in [0.1, 0.15) is 5.82 Å². The van der Waals surface area contributed by atoms with Gasteiger partial charge in [0.05, 0.1) is 0 Å². The van der Waals surface area contributed by atoms with Crippen molar-refractivity contribution in [1.29, 1.82) is 0 Å². The fourth-order valence-corrected chi connectivity index (χ4v) is 3.75. The fourth-order valence-electron chi connectivity index (χ4n) is 3.75. The molecule has 1 aromatic carbocycles. The first-order chi connectivity index (χ1) is 11.3. The Labute approximate surface area is 142 Å². The van der Waals surface area contributed by atoms with E-state index in [4.69, 9.17) is 0 Å². The Morgan fingerprint density at radius 3 is 2.17 bits per heavy atom. The monoisotopic (exact) mass is 319 g/mol. The maximum absolute atomic E-state index is 13.1. The molecule has 1 aliphatic heterocycles. The molecule has 1 atom stereocenters. The van der Waals surface area contributed by atoms with Gasteiger partial charge < -0.3 is 4.90 Å². The lowest BCUT2D eigenvalue weighted by Crippen LogP contribution is -2.34. The third kappa shape index (κ3) is 7.03. The van der Waals surface area contributed by atoms with E-state index in [9.17, 15) is 4.39 Å². The summed E-state index contributed by atoms with van der Waals surface area (Å²) in [4.78, 5) is 2.67. The van der Waals surface area contributed by atoms with Crippen molar-refractivity contribution in [2.24, 2.45) is 0 Å². The van der Waals surface area contributed by atoms with Crippen molar-refractivity contribution in [3.05, 3.63) is 35.6 Å². The molecule has 1 saturated heterocycles. The van der Waals surface area contributed by atoms with Gasteiger partial charge in [-0.2, -0.15) is 0 Å². The lowest BCUT2D eigenvalue weighted by Gasteiger charge is -2.28. The first-order valence-electron chi connectivity index (χ1n) is 9.78. The highest BCUT2D eigenvalue weighted by Gasteiger charge is 2.21. The van der Waals surface area contributed by atoms with Gasteiger partial charge in [0.15, 0.2) is 0 Å². The van der Waals surface area contributed by atoms with E-state index in [2.05, 4.69) is 11.8 Å². The van der Waals surface area contributed by atoms with Gasteiger partial charge in [0, 0.05) is 6.04 Å². The molecule has 1 fully saturated rings. The molecule has 2 rings (SSSR count). The molecule has 0 aromatic heterocycles. The molecule has 0 bridgehead atoms. The summed E-state index contributed by atoms with van der Waals surface area (Å²) in [5.74, 6) is -0.126. The Morgan fingerprint density at radius 1 is 0.913 bits per heavy atom. The van der Waals surface area contributed by atoms with E-state index < -0.39 is 0 Å². The van der Waals surface area contributed by atoms with Crippen molar-refractivity contribution >= 4 is 0 Å². The molecule has 2 heteroatoms. The van der Waals surface area contributed by atoms with Gasteiger partial charge in [0.2, 0.25) is 0 Å². The molecule has 23 heavy (non-hydrogen) atoms.